The van der Waals surface area contributed by atoms with Gasteiger partial charge in [0.05, 0.1) is 5.69 Å². The first kappa shape index (κ1) is 23.5. The Morgan fingerprint density at radius 3 is 2.67 bits per heavy atom. The molecule has 0 bridgehead atoms. The zero-order valence-corrected chi connectivity index (χ0v) is 19.2. The zero-order valence-electron chi connectivity index (χ0n) is 19.2. The maximum absolute atomic E-state index is 13.6. The monoisotopic (exact) mass is 460 g/mol. The van der Waals surface area contributed by atoms with Gasteiger partial charge in [-0.3, -0.25) is 19.8 Å². The molecule has 3 aliphatic rings. The number of benzene rings is 1. The fourth-order valence-electron chi connectivity index (χ4n) is 4.90. The van der Waals surface area contributed by atoms with Crippen molar-refractivity contribution in [1.82, 2.24) is 15.1 Å². The lowest BCUT2D eigenvalue weighted by molar-refractivity contribution is -0.134. The number of carbonyl (C=O) groups is 3. The largest absolute Gasteiger partial charge is 0.484 e. The Balaban J connectivity index is 1.25. The third kappa shape index (κ3) is 6.01. The summed E-state index contributed by atoms with van der Waals surface area (Å²) in [4.78, 5) is 41.9. The molecule has 3 aliphatic heterocycles. The highest BCUT2D eigenvalue weighted by atomic mass is 19.1. The fraction of sp³-hybridized carbons (Fsp3) is 0.625. The van der Waals surface area contributed by atoms with Crippen molar-refractivity contribution in [1.29, 1.82) is 0 Å². The molecule has 33 heavy (non-hydrogen) atoms. The van der Waals surface area contributed by atoms with Crippen LogP contribution in [0.25, 0.3) is 0 Å². The Kier molecular flexibility index (Phi) is 7.47. The van der Waals surface area contributed by atoms with Crippen LogP contribution in [0.4, 0.5) is 14.9 Å². The predicted octanol–water partition coefficient (Wildman–Crippen LogP) is 2.49. The molecular weight excluding hydrogens is 427 g/mol. The molecule has 0 saturated carbocycles. The summed E-state index contributed by atoms with van der Waals surface area (Å²) < 4.78 is 19.4. The van der Waals surface area contributed by atoms with Gasteiger partial charge in [-0.1, -0.05) is 6.07 Å². The van der Waals surface area contributed by atoms with Gasteiger partial charge in [-0.05, 0) is 56.7 Å². The Morgan fingerprint density at radius 1 is 1.15 bits per heavy atom. The SMILES string of the molecule is Cc1ccc(OCC(=O)N2CCC(CN3CCC[C@@H](F)C3)CC2)cc1N1CCC(=O)NC1=O. The second-order valence-electron chi connectivity index (χ2n) is 9.32. The normalized spacial score (nSPS) is 22.9. The smallest absolute Gasteiger partial charge is 0.328 e. The predicted molar refractivity (Wildman–Crippen MR) is 122 cm³/mol. The minimum atomic E-state index is -0.702. The van der Waals surface area contributed by atoms with Gasteiger partial charge in [-0.2, -0.15) is 0 Å². The summed E-state index contributed by atoms with van der Waals surface area (Å²) in [6.07, 6.45) is 3.00. The highest BCUT2D eigenvalue weighted by Gasteiger charge is 2.28. The molecule has 0 aliphatic carbocycles. The maximum Gasteiger partial charge on any atom is 0.328 e. The number of piperidine rings is 2. The highest BCUT2D eigenvalue weighted by molar-refractivity contribution is 6.06. The number of imide groups is 1. The molecule has 4 rings (SSSR count). The van der Waals surface area contributed by atoms with Crippen LogP contribution in [-0.4, -0.2) is 79.7 Å². The molecule has 9 heteroatoms. The number of aryl methyl sites for hydroxylation is 1. The first-order chi connectivity index (χ1) is 15.9. The standard InChI is InChI=1S/C24H33FN4O4/c1-17-4-5-20(13-21(17)29-12-8-22(30)26-24(29)32)33-16-23(31)28-10-6-18(7-11-28)14-27-9-2-3-19(25)15-27/h4-5,13,18-19H,2-3,6-12,14-16H2,1H3,(H,26,30,32)/t19-/m1/s1. The summed E-state index contributed by atoms with van der Waals surface area (Å²) in [7, 11) is 0. The van der Waals surface area contributed by atoms with Crippen molar-refractivity contribution < 1.29 is 23.5 Å². The van der Waals surface area contributed by atoms with E-state index in [4.69, 9.17) is 4.74 Å². The van der Waals surface area contributed by atoms with E-state index in [0.29, 0.717) is 50.0 Å². The first-order valence-electron chi connectivity index (χ1n) is 11.9. The van der Waals surface area contributed by atoms with Crippen LogP contribution in [0.15, 0.2) is 18.2 Å². The van der Waals surface area contributed by atoms with Crippen molar-refractivity contribution in [3.8, 4) is 5.75 Å². The lowest BCUT2D eigenvalue weighted by Crippen LogP contribution is -2.49. The van der Waals surface area contributed by atoms with Crippen molar-refractivity contribution in [3.05, 3.63) is 23.8 Å². The number of likely N-dealkylation sites (tertiary alicyclic amines) is 2. The Morgan fingerprint density at radius 2 is 1.94 bits per heavy atom. The van der Waals surface area contributed by atoms with E-state index in [0.717, 1.165) is 37.9 Å². The number of rotatable bonds is 6. The molecule has 1 atom stereocenters. The maximum atomic E-state index is 13.6. The van der Waals surface area contributed by atoms with Crippen LogP contribution >= 0.6 is 0 Å². The molecule has 180 valence electrons. The molecule has 1 N–H and O–H groups in total. The molecule has 1 aromatic carbocycles. The topological polar surface area (TPSA) is 82.2 Å². The third-order valence-corrected chi connectivity index (χ3v) is 6.82. The number of nitrogens with zero attached hydrogens (tertiary/aromatic N) is 3. The van der Waals surface area contributed by atoms with Gasteiger partial charge in [0, 0.05) is 45.2 Å². The molecular formula is C24H33FN4O4. The van der Waals surface area contributed by atoms with Crippen molar-refractivity contribution in [2.75, 3.05) is 50.8 Å². The van der Waals surface area contributed by atoms with Crippen LogP contribution in [-0.2, 0) is 9.59 Å². The van der Waals surface area contributed by atoms with Crippen molar-refractivity contribution in [3.63, 3.8) is 0 Å². The molecule has 8 nitrogen and oxygen atoms in total. The van der Waals surface area contributed by atoms with E-state index >= 15 is 0 Å². The van der Waals surface area contributed by atoms with E-state index in [1.807, 2.05) is 17.9 Å². The molecule has 0 unspecified atom stereocenters. The van der Waals surface area contributed by atoms with Gasteiger partial charge in [0.1, 0.15) is 11.9 Å². The summed E-state index contributed by atoms with van der Waals surface area (Å²) in [6.45, 7) is 5.96. The van der Waals surface area contributed by atoms with Gasteiger partial charge in [0.25, 0.3) is 5.91 Å². The number of amides is 4. The van der Waals surface area contributed by atoms with Gasteiger partial charge in [-0.25, -0.2) is 9.18 Å². The van der Waals surface area contributed by atoms with Crippen LogP contribution < -0.4 is 15.0 Å². The Bertz CT molecular complexity index is 887. The molecule has 3 saturated heterocycles. The average molecular weight is 461 g/mol. The van der Waals surface area contributed by atoms with Crippen molar-refractivity contribution >= 4 is 23.5 Å². The van der Waals surface area contributed by atoms with Gasteiger partial charge < -0.3 is 14.5 Å². The number of urea groups is 1. The highest BCUT2D eigenvalue weighted by Crippen LogP contribution is 2.27. The number of hydrogen-bond donors (Lipinski definition) is 1. The lowest BCUT2D eigenvalue weighted by atomic mass is 9.95. The summed E-state index contributed by atoms with van der Waals surface area (Å²) in [6, 6.07) is 4.91. The Labute approximate surface area is 194 Å². The van der Waals surface area contributed by atoms with E-state index in [2.05, 4.69) is 10.2 Å². The Hall–Kier alpha value is -2.68. The second kappa shape index (κ2) is 10.5. The molecule has 1 aromatic rings. The molecule has 0 aromatic heterocycles. The second-order valence-corrected chi connectivity index (χ2v) is 9.32. The number of alkyl halides is 1. The van der Waals surface area contributed by atoms with Gasteiger partial charge in [-0.15, -0.1) is 0 Å². The van der Waals surface area contributed by atoms with Gasteiger partial charge >= 0.3 is 6.03 Å². The minimum Gasteiger partial charge on any atom is -0.484 e. The van der Waals surface area contributed by atoms with Crippen LogP contribution in [0.5, 0.6) is 5.75 Å². The zero-order chi connectivity index (χ0) is 23.4. The number of nitrogens with one attached hydrogen (secondary N) is 1. The van der Waals surface area contributed by atoms with Crippen molar-refractivity contribution in [2.45, 2.75) is 45.2 Å². The third-order valence-electron chi connectivity index (χ3n) is 6.82. The van der Waals surface area contributed by atoms with Gasteiger partial charge in [0.2, 0.25) is 5.91 Å². The van der Waals surface area contributed by atoms with E-state index in [1.165, 1.54) is 4.90 Å². The molecule has 3 heterocycles. The minimum absolute atomic E-state index is 0.0568. The van der Waals surface area contributed by atoms with E-state index in [9.17, 15) is 18.8 Å². The van der Waals surface area contributed by atoms with E-state index < -0.39 is 12.2 Å². The van der Waals surface area contributed by atoms with Crippen LogP contribution in [0.1, 0.15) is 37.7 Å². The quantitative estimate of drug-likeness (QED) is 0.706. The molecule has 0 spiro atoms. The number of halogens is 1. The lowest BCUT2D eigenvalue weighted by Gasteiger charge is -2.36. The van der Waals surface area contributed by atoms with E-state index in [1.54, 1.807) is 12.1 Å². The molecule has 3 fully saturated rings. The molecule has 0 radical (unpaired) electrons. The summed E-state index contributed by atoms with van der Waals surface area (Å²) >= 11 is 0. The average Bonchev–Trinajstić information content (AvgIpc) is 2.79. The fourth-order valence-corrected chi connectivity index (χ4v) is 4.90. The first-order valence-corrected chi connectivity index (χ1v) is 11.9. The summed E-state index contributed by atoms with van der Waals surface area (Å²) in [5, 5.41) is 2.32. The van der Waals surface area contributed by atoms with E-state index in [-0.39, 0.29) is 24.8 Å². The number of carbonyl (C=O) groups excluding carboxylic acids is 3. The number of ether oxygens (including phenoxy) is 1. The molecule has 4 amide bonds. The van der Waals surface area contributed by atoms with Crippen LogP contribution in [0, 0.1) is 12.8 Å². The van der Waals surface area contributed by atoms with Crippen LogP contribution in [0.3, 0.4) is 0 Å². The van der Waals surface area contributed by atoms with Gasteiger partial charge in [0.15, 0.2) is 6.61 Å². The van der Waals surface area contributed by atoms with Crippen molar-refractivity contribution in [2.24, 2.45) is 5.92 Å². The van der Waals surface area contributed by atoms with Crippen LogP contribution in [0.2, 0.25) is 0 Å². The number of anilines is 1. The summed E-state index contributed by atoms with van der Waals surface area (Å²) in [5.41, 5.74) is 1.55. The summed E-state index contributed by atoms with van der Waals surface area (Å²) in [5.74, 6) is 0.675. The number of hydrogen-bond acceptors (Lipinski definition) is 5.